The highest BCUT2D eigenvalue weighted by molar-refractivity contribution is 5.97. The third kappa shape index (κ3) is 5.01. The number of carbonyl (C=O) groups is 3. The second-order valence-corrected chi connectivity index (χ2v) is 7.32. The quantitative estimate of drug-likeness (QED) is 0.344. The van der Waals surface area contributed by atoms with E-state index in [1.54, 1.807) is 11.8 Å². The van der Waals surface area contributed by atoms with Crippen LogP contribution < -0.4 is 4.74 Å². The second-order valence-electron chi connectivity index (χ2n) is 7.32. The van der Waals surface area contributed by atoms with E-state index in [1.165, 1.54) is 11.0 Å². The zero-order valence-corrected chi connectivity index (χ0v) is 16.9. The van der Waals surface area contributed by atoms with E-state index >= 15 is 0 Å². The Labute approximate surface area is 168 Å². The summed E-state index contributed by atoms with van der Waals surface area (Å²) in [6.07, 6.45) is 0.224. The molecule has 1 heterocycles. The average molecular weight is 407 g/mol. The number of likely N-dealkylation sites (tertiary alicyclic amines) is 1. The highest BCUT2D eigenvalue weighted by Gasteiger charge is 2.34. The number of nitro groups is 1. The van der Waals surface area contributed by atoms with Crippen LogP contribution in [0.1, 0.15) is 49.5 Å². The molecular formula is C19H25N3O7. The Morgan fingerprint density at radius 1 is 1.34 bits per heavy atom. The lowest BCUT2D eigenvalue weighted by atomic mass is 9.99. The molecular weight excluding hydrogens is 382 g/mol. The monoisotopic (exact) mass is 407 g/mol. The van der Waals surface area contributed by atoms with Crippen LogP contribution in [0.2, 0.25) is 0 Å². The van der Waals surface area contributed by atoms with Crippen molar-refractivity contribution in [1.29, 1.82) is 0 Å². The molecule has 0 spiro atoms. The fraction of sp³-hybridized carbons (Fsp3) is 0.526. The molecule has 10 heteroatoms. The van der Waals surface area contributed by atoms with Crippen LogP contribution in [0, 0.1) is 17.0 Å². The molecule has 0 bridgehead atoms. The number of nitro benzene ring substituents is 1. The molecule has 2 amide bonds. The molecule has 0 saturated carbocycles. The summed E-state index contributed by atoms with van der Waals surface area (Å²) in [6, 6.07) is 1.84. The van der Waals surface area contributed by atoms with E-state index in [0.717, 1.165) is 13.0 Å². The first-order chi connectivity index (χ1) is 13.5. The summed E-state index contributed by atoms with van der Waals surface area (Å²) < 4.78 is 4.91. The molecule has 1 aliphatic rings. The first-order valence-electron chi connectivity index (χ1n) is 9.30. The molecule has 1 aromatic rings. The van der Waals surface area contributed by atoms with Gasteiger partial charge in [0.2, 0.25) is 5.75 Å². The lowest BCUT2D eigenvalue weighted by molar-refractivity contribution is -0.385. The number of hydrogen-bond donors (Lipinski definition) is 1. The molecule has 0 unspecified atom stereocenters. The van der Waals surface area contributed by atoms with Crippen LogP contribution in [0.5, 0.6) is 5.75 Å². The van der Waals surface area contributed by atoms with Crippen LogP contribution in [0.4, 0.5) is 10.5 Å². The van der Waals surface area contributed by atoms with Crippen molar-refractivity contribution in [2.75, 3.05) is 13.1 Å². The second kappa shape index (κ2) is 8.89. The maximum absolute atomic E-state index is 13.3. The Morgan fingerprint density at radius 2 is 2.00 bits per heavy atom. The molecule has 2 rings (SSSR count). The Balaban J connectivity index is 2.43. The number of esters is 1. The Kier molecular flexibility index (Phi) is 6.78. The first kappa shape index (κ1) is 22.1. The summed E-state index contributed by atoms with van der Waals surface area (Å²) in [5.41, 5.74) is 0.0656. The van der Waals surface area contributed by atoms with Crippen molar-refractivity contribution in [2.45, 2.75) is 52.6 Å². The number of ether oxygens (including phenoxy) is 1. The van der Waals surface area contributed by atoms with Crippen LogP contribution in [0.3, 0.4) is 0 Å². The van der Waals surface area contributed by atoms with Crippen molar-refractivity contribution in [1.82, 2.24) is 9.80 Å². The van der Waals surface area contributed by atoms with Crippen LogP contribution in [-0.4, -0.2) is 63.0 Å². The Bertz CT molecular complexity index is 837. The van der Waals surface area contributed by atoms with Gasteiger partial charge in [-0.2, -0.15) is 0 Å². The molecule has 0 aliphatic carbocycles. The molecule has 1 aliphatic heterocycles. The van der Waals surface area contributed by atoms with E-state index in [0.29, 0.717) is 24.9 Å². The number of carboxylic acid groups (broad SMARTS) is 1. The van der Waals surface area contributed by atoms with Gasteiger partial charge in [0, 0.05) is 37.7 Å². The summed E-state index contributed by atoms with van der Waals surface area (Å²) in [7, 11) is 0. The van der Waals surface area contributed by atoms with E-state index < -0.39 is 28.6 Å². The summed E-state index contributed by atoms with van der Waals surface area (Å²) >= 11 is 0. The number of nitrogens with zero attached hydrogens (tertiary/aromatic N) is 3. The summed E-state index contributed by atoms with van der Waals surface area (Å²) in [5.74, 6) is -1.35. The zero-order valence-electron chi connectivity index (χ0n) is 16.9. The van der Waals surface area contributed by atoms with Crippen molar-refractivity contribution in [3.05, 3.63) is 33.4 Å². The molecule has 1 saturated heterocycles. The van der Waals surface area contributed by atoms with Gasteiger partial charge in [-0.25, -0.2) is 4.79 Å². The highest BCUT2D eigenvalue weighted by Crippen LogP contribution is 2.32. The molecule has 1 N–H and O–H groups in total. The van der Waals surface area contributed by atoms with Gasteiger partial charge < -0.3 is 19.6 Å². The molecule has 29 heavy (non-hydrogen) atoms. The molecule has 158 valence electrons. The predicted octanol–water partition coefficient (Wildman–Crippen LogP) is 2.82. The van der Waals surface area contributed by atoms with Crippen molar-refractivity contribution >= 4 is 23.7 Å². The van der Waals surface area contributed by atoms with Gasteiger partial charge in [0.25, 0.3) is 5.91 Å². The van der Waals surface area contributed by atoms with E-state index in [4.69, 9.17) is 4.74 Å². The largest absolute Gasteiger partial charge is 0.465 e. The Hall–Kier alpha value is -3.17. The van der Waals surface area contributed by atoms with Crippen LogP contribution >= 0.6 is 0 Å². The van der Waals surface area contributed by atoms with Crippen molar-refractivity contribution < 1.29 is 29.2 Å². The number of carbonyl (C=O) groups excluding carboxylic acids is 2. The predicted molar refractivity (Wildman–Crippen MR) is 103 cm³/mol. The fourth-order valence-electron chi connectivity index (χ4n) is 3.60. The van der Waals surface area contributed by atoms with E-state index in [1.807, 2.05) is 13.8 Å². The number of amides is 2. The van der Waals surface area contributed by atoms with Gasteiger partial charge in [-0.1, -0.05) is 0 Å². The van der Waals surface area contributed by atoms with Gasteiger partial charge in [0.1, 0.15) is 0 Å². The first-order valence-corrected chi connectivity index (χ1v) is 9.30. The van der Waals surface area contributed by atoms with Gasteiger partial charge in [-0.05, 0) is 45.2 Å². The lowest BCUT2D eigenvalue weighted by Crippen LogP contribution is -2.53. The van der Waals surface area contributed by atoms with Crippen LogP contribution in [-0.2, 0) is 4.79 Å². The van der Waals surface area contributed by atoms with Gasteiger partial charge in [0.05, 0.1) is 11.0 Å². The van der Waals surface area contributed by atoms with E-state index in [-0.39, 0.29) is 29.9 Å². The molecule has 1 aromatic carbocycles. The van der Waals surface area contributed by atoms with Gasteiger partial charge in [-0.15, -0.1) is 0 Å². The zero-order chi connectivity index (χ0) is 21.9. The smallest absolute Gasteiger partial charge is 0.407 e. The number of piperidine rings is 1. The van der Waals surface area contributed by atoms with Crippen LogP contribution in [0.25, 0.3) is 0 Å². The van der Waals surface area contributed by atoms with Gasteiger partial charge in [0.15, 0.2) is 0 Å². The van der Waals surface area contributed by atoms with Gasteiger partial charge >= 0.3 is 17.7 Å². The average Bonchev–Trinajstić information content (AvgIpc) is 2.60. The normalized spacial score (nSPS) is 16.4. The fourth-order valence-corrected chi connectivity index (χ4v) is 3.60. The molecule has 10 nitrogen and oxygen atoms in total. The third-order valence-electron chi connectivity index (χ3n) is 4.84. The molecule has 1 atom stereocenters. The van der Waals surface area contributed by atoms with Gasteiger partial charge in [-0.3, -0.25) is 19.7 Å². The minimum Gasteiger partial charge on any atom is -0.465 e. The van der Waals surface area contributed by atoms with Crippen molar-refractivity contribution in [3.63, 3.8) is 0 Å². The molecule has 1 fully saturated rings. The number of aryl methyl sites for hydroxylation is 1. The van der Waals surface area contributed by atoms with Crippen molar-refractivity contribution in [2.24, 2.45) is 0 Å². The SMILES string of the molecule is CC(=O)Oc1cc(C)c(C(=O)N(C(C)C)[C@@H]2CCCN(C(=O)O)C2)cc1[N+](=O)[O-]. The summed E-state index contributed by atoms with van der Waals surface area (Å²) in [4.78, 5) is 49.5. The highest BCUT2D eigenvalue weighted by atomic mass is 16.6. The maximum atomic E-state index is 13.3. The standard InChI is InChI=1S/C19H25N3O7/c1-11(2)21(14-6-5-7-20(10-14)19(25)26)18(24)15-9-16(22(27)28)17(8-12(15)3)29-13(4)23/h8-9,11,14H,5-7,10H2,1-4H3,(H,25,26)/t14-/m1/s1. The third-order valence-corrected chi connectivity index (χ3v) is 4.84. The lowest BCUT2D eigenvalue weighted by Gasteiger charge is -2.40. The van der Waals surface area contributed by atoms with Crippen LogP contribution in [0.15, 0.2) is 12.1 Å². The summed E-state index contributed by atoms with van der Waals surface area (Å²) in [6.45, 7) is 6.96. The van der Waals surface area contributed by atoms with E-state index in [2.05, 4.69) is 0 Å². The molecule has 0 aromatic heterocycles. The topological polar surface area (TPSA) is 130 Å². The Morgan fingerprint density at radius 3 is 2.52 bits per heavy atom. The number of rotatable bonds is 5. The molecule has 0 radical (unpaired) electrons. The minimum absolute atomic E-state index is 0.119. The minimum atomic E-state index is -1.04. The van der Waals surface area contributed by atoms with Crippen molar-refractivity contribution in [3.8, 4) is 5.75 Å². The summed E-state index contributed by atoms with van der Waals surface area (Å²) in [5, 5.41) is 20.7. The number of benzene rings is 1. The number of hydrogen-bond acceptors (Lipinski definition) is 6. The van der Waals surface area contributed by atoms with E-state index in [9.17, 15) is 29.6 Å². The maximum Gasteiger partial charge on any atom is 0.407 e.